The topological polar surface area (TPSA) is 12.1 Å². The molecule has 2 aromatic heterocycles. The predicted molar refractivity (Wildman–Crippen MR) is 88.2 cm³/mol. The van der Waals surface area contributed by atoms with Crippen LogP contribution in [-0.4, -0.2) is 0 Å². The molecular formula is C18H17N3S+2. The summed E-state index contributed by atoms with van der Waals surface area (Å²) in [6.07, 6.45) is 2.04. The van der Waals surface area contributed by atoms with Crippen molar-refractivity contribution in [2.45, 2.75) is 13.8 Å². The summed E-state index contributed by atoms with van der Waals surface area (Å²) >= 11 is 1.66. The minimum absolute atomic E-state index is 0.664. The van der Waals surface area contributed by atoms with Crippen molar-refractivity contribution in [1.29, 1.82) is 0 Å². The first-order chi connectivity index (χ1) is 10.6. The molecule has 0 amide bonds. The SMILES string of the molecule is [C-]#[N+]c1cc(-c2ccs[n+]2C)c(C)c(-[n+]2ccccc2C)c1. The number of hydrogen-bond acceptors (Lipinski definition) is 1. The molecule has 0 radical (unpaired) electrons. The molecule has 0 unspecified atom stereocenters. The Morgan fingerprint density at radius 1 is 1.14 bits per heavy atom. The summed E-state index contributed by atoms with van der Waals surface area (Å²) in [7, 11) is 2.05. The average Bonchev–Trinajstić information content (AvgIpc) is 2.94. The van der Waals surface area contributed by atoms with Gasteiger partial charge in [-0.1, -0.05) is 6.07 Å². The lowest BCUT2D eigenvalue weighted by molar-refractivity contribution is -0.603. The van der Waals surface area contributed by atoms with Gasteiger partial charge in [0.15, 0.2) is 24.6 Å². The van der Waals surface area contributed by atoms with E-state index in [9.17, 15) is 0 Å². The smallest absolute Gasteiger partial charge is 0.226 e. The lowest BCUT2D eigenvalue weighted by atomic mass is 10.0. The summed E-state index contributed by atoms with van der Waals surface area (Å²) in [6.45, 7) is 11.6. The van der Waals surface area contributed by atoms with Gasteiger partial charge >= 0.3 is 0 Å². The quantitative estimate of drug-likeness (QED) is 0.506. The van der Waals surface area contributed by atoms with E-state index in [0.29, 0.717) is 5.69 Å². The lowest BCUT2D eigenvalue weighted by Gasteiger charge is -2.07. The minimum Gasteiger partial charge on any atom is -0.238 e. The van der Waals surface area contributed by atoms with Crippen LogP contribution in [0.4, 0.5) is 5.69 Å². The Labute approximate surface area is 134 Å². The van der Waals surface area contributed by atoms with E-state index >= 15 is 0 Å². The van der Waals surface area contributed by atoms with Gasteiger partial charge in [0.25, 0.3) is 0 Å². The second-order valence-electron chi connectivity index (χ2n) is 5.25. The third kappa shape index (κ3) is 2.40. The van der Waals surface area contributed by atoms with Crippen molar-refractivity contribution in [2.24, 2.45) is 7.05 Å². The largest absolute Gasteiger partial charge is 0.238 e. The first kappa shape index (κ1) is 14.4. The van der Waals surface area contributed by atoms with Crippen LogP contribution >= 0.6 is 11.5 Å². The van der Waals surface area contributed by atoms with Crippen molar-refractivity contribution in [1.82, 2.24) is 0 Å². The number of rotatable bonds is 2. The fourth-order valence-electron chi connectivity index (χ4n) is 2.67. The number of aryl methyl sites for hydroxylation is 2. The second-order valence-corrected chi connectivity index (χ2v) is 6.28. The van der Waals surface area contributed by atoms with Crippen molar-refractivity contribution in [3.63, 3.8) is 0 Å². The van der Waals surface area contributed by atoms with Gasteiger partial charge in [-0.25, -0.2) is 4.85 Å². The third-order valence-corrected chi connectivity index (χ3v) is 4.65. The van der Waals surface area contributed by atoms with Gasteiger partial charge in [0, 0.05) is 42.3 Å². The fourth-order valence-corrected chi connectivity index (χ4v) is 3.32. The number of aromatic nitrogens is 2. The Balaban J connectivity index is 2.31. The van der Waals surface area contributed by atoms with Gasteiger partial charge in [-0.05, 0) is 13.0 Å². The Hall–Kier alpha value is -2.51. The first-order valence-electron chi connectivity index (χ1n) is 7.06. The molecule has 1 aromatic carbocycles. The molecule has 0 bridgehead atoms. The zero-order chi connectivity index (χ0) is 15.7. The van der Waals surface area contributed by atoms with Gasteiger partial charge in [-0.15, -0.1) is 3.96 Å². The molecule has 4 heteroatoms. The van der Waals surface area contributed by atoms with Crippen molar-refractivity contribution in [3.8, 4) is 16.9 Å². The van der Waals surface area contributed by atoms with Crippen LogP contribution in [0.5, 0.6) is 0 Å². The maximum atomic E-state index is 7.41. The summed E-state index contributed by atoms with van der Waals surface area (Å²) in [5.41, 5.74) is 6.31. The molecule has 3 rings (SSSR count). The Bertz CT molecular complexity index is 888. The van der Waals surface area contributed by atoms with Crippen molar-refractivity contribution in [3.05, 3.63) is 70.6 Å². The van der Waals surface area contributed by atoms with Crippen LogP contribution in [0, 0.1) is 20.4 Å². The number of pyridine rings is 1. The number of benzene rings is 1. The molecule has 0 spiro atoms. The summed E-state index contributed by atoms with van der Waals surface area (Å²) in [5, 5.41) is 2.07. The van der Waals surface area contributed by atoms with Crippen LogP contribution in [0.3, 0.4) is 0 Å². The normalized spacial score (nSPS) is 10.5. The molecule has 22 heavy (non-hydrogen) atoms. The molecule has 0 atom stereocenters. The van der Waals surface area contributed by atoms with Crippen molar-refractivity contribution >= 4 is 17.2 Å². The van der Waals surface area contributed by atoms with Crippen LogP contribution in [0.15, 0.2) is 48.0 Å². The molecule has 0 aliphatic rings. The molecule has 0 aliphatic heterocycles. The van der Waals surface area contributed by atoms with E-state index in [1.165, 1.54) is 5.56 Å². The van der Waals surface area contributed by atoms with E-state index < -0.39 is 0 Å². The van der Waals surface area contributed by atoms with Gasteiger partial charge in [0.1, 0.15) is 11.5 Å². The standard InChI is InChI=1S/C18H17N3S/c1-13-7-5-6-9-21(13)18-12-15(19-3)11-16(14(18)2)17-8-10-22-20(17)4/h5-12H,1-2,4H3/q+2. The van der Waals surface area contributed by atoms with E-state index in [0.717, 1.165) is 22.6 Å². The maximum absolute atomic E-state index is 7.41. The second kappa shape index (κ2) is 5.70. The van der Waals surface area contributed by atoms with E-state index in [4.69, 9.17) is 6.57 Å². The predicted octanol–water partition coefficient (Wildman–Crippen LogP) is 3.68. The maximum Gasteiger partial charge on any atom is 0.226 e. The molecule has 0 aliphatic carbocycles. The lowest BCUT2D eigenvalue weighted by Crippen LogP contribution is -2.34. The monoisotopic (exact) mass is 307 g/mol. The van der Waals surface area contributed by atoms with Crippen molar-refractivity contribution < 1.29 is 8.52 Å². The third-order valence-electron chi connectivity index (χ3n) is 3.88. The Morgan fingerprint density at radius 2 is 1.95 bits per heavy atom. The Kier molecular flexibility index (Phi) is 3.74. The van der Waals surface area contributed by atoms with Gasteiger partial charge in [-0.2, -0.15) is 4.57 Å². The molecule has 0 N–H and O–H groups in total. The fraction of sp³-hybridized carbons (Fsp3) is 0.167. The minimum atomic E-state index is 0.664. The van der Waals surface area contributed by atoms with Gasteiger partial charge in [-0.3, -0.25) is 0 Å². The van der Waals surface area contributed by atoms with Crippen molar-refractivity contribution in [2.75, 3.05) is 0 Å². The molecule has 0 saturated heterocycles. The van der Waals surface area contributed by atoms with E-state index in [1.807, 2.05) is 37.5 Å². The van der Waals surface area contributed by atoms with E-state index in [2.05, 4.69) is 44.7 Å². The zero-order valence-corrected chi connectivity index (χ0v) is 13.7. The highest BCUT2D eigenvalue weighted by atomic mass is 32.1. The highest BCUT2D eigenvalue weighted by molar-refractivity contribution is 6.99. The van der Waals surface area contributed by atoms with Crippen LogP contribution in [0.1, 0.15) is 11.3 Å². The highest BCUT2D eigenvalue weighted by Gasteiger charge is 2.22. The molecule has 0 saturated carbocycles. The van der Waals surface area contributed by atoms with Crippen LogP contribution < -0.4 is 8.52 Å². The van der Waals surface area contributed by atoms with Gasteiger partial charge in [0.2, 0.25) is 11.4 Å². The van der Waals surface area contributed by atoms with Crippen LogP contribution in [0.2, 0.25) is 0 Å². The van der Waals surface area contributed by atoms with Crippen LogP contribution in [0.25, 0.3) is 21.8 Å². The highest BCUT2D eigenvalue weighted by Crippen LogP contribution is 2.30. The van der Waals surface area contributed by atoms with E-state index in [-0.39, 0.29) is 0 Å². The molecule has 2 heterocycles. The summed E-state index contributed by atoms with van der Waals surface area (Å²) in [5.74, 6) is 0. The number of nitrogens with zero attached hydrogens (tertiary/aromatic N) is 3. The summed E-state index contributed by atoms with van der Waals surface area (Å²) in [6, 6.07) is 12.2. The molecule has 0 fully saturated rings. The van der Waals surface area contributed by atoms with Gasteiger partial charge < -0.3 is 0 Å². The molecule has 108 valence electrons. The summed E-state index contributed by atoms with van der Waals surface area (Å²) in [4.78, 5) is 3.66. The van der Waals surface area contributed by atoms with Gasteiger partial charge in [0.05, 0.1) is 12.0 Å². The molecule has 3 aromatic rings. The average molecular weight is 307 g/mol. The van der Waals surface area contributed by atoms with E-state index in [1.54, 1.807) is 11.5 Å². The number of hydrogen-bond donors (Lipinski definition) is 0. The summed E-state index contributed by atoms with van der Waals surface area (Å²) < 4.78 is 4.27. The Morgan fingerprint density at radius 3 is 2.59 bits per heavy atom. The zero-order valence-electron chi connectivity index (χ0n) is 12.9. The van der Waals surface area contributed by atoms with Crippen LogP contribution in [-0.2, 0) is 7.05 Å². The molecule has 3 nitrogen and oxygen atoms in total. The first-order valence-corrected chi connectivity index (χ1v) is 7.89. The molecular weight excluding hydrogens is 290 g/mol.